The molecule has 0 saturated carbocycles. The first-order chi connectivity index (χ1) is 18.8. The number of nitrogens with zero attached hydrogens (tertiary/aromatic N) is 1. The number of aromatic nitrogens is 2. The number of rotatable bonds is 5. The van der Waals surface area contributed by atoms with Crippen LogP contribution >= 0.6 is 23.2 Å². The predicted molar refractivity (Wildman–Crippen MR) is 155 cm³/mol. The minimum absolute atomic E-state index is 0.105. The monoisotopic (exact) mass is 569 g/mol. The van der Waals surface area contributed by atoms with Crippen molar-refractivity contribution in [3.05, 3.63) is 82.3 Å². The van der Waals surface area contributed by atoms with Crippen molar-refractivity contribution in [2.45, 2.75) is 25.3 Å². The van der Waals surface area contributed by atoms with Crippen molar-refractivity contribution >= 4 is 58.9 Å². The summed E-state index contributed by atoms with van der Waals surface area (Å²) in [6.45, 7) is 0.375. The van der Waals surface area contributed by atoms with Crippen molar-refractivity contribution in [3.8, 4) is 11.3 Å². The molecule has 1 aliphatic rings. The van der Waals surface area contributed by atoms with Crippen LogP contribution in [0, 0.1) is 0 Å². The van der Waals surface area contributed by atoms with E-state index in [4.69, 9.17) is 33.0 Å². The fraction of sp³-hybridized carbons (Fsp3) is 0.214. The Morgan fingerprint density at radius 1 is 1.18 bits per heavy atom. The maximum absolute atomic E-state index is 12.7. The van der Waals surface area contributed by atoms with Crippen LogP contribution in [0.4, 0.5) is 11.4 Å². The molecule has 4 N–H and O–H groups in total. The van der Waals surface area contributed by atoms with Crippen LogP contribution in [0.15, 0.2) is 60.7 Å². The van der Waals surface area contributed by atoms with Crippen molar-refractivity contribution in [2.75, 3.05) is 24.8 Å². The highest BCUT2D eigenvalue weighted by Crippen LogP contribution is 2.35. The molecule has 2 bridgehead atoms. The zero-order chi connectivity index (χ0) is 28.2. The van der Waals surface area contributed by atoms with Gasteiger partial charge in [-0.15, -0.1) is 0 Å². The van der Waals surface area contributed by atoms with Gasteiger partial charge < -0.3 is 25.7 Å². The van der Waals surface area contributed by atoms with Crippen LogP contribution in [0.3, 0.4) is 0 Å². The highest BCUT2D eigenvalue weighted by atomic mass is 35.5. The molecule has 1 atom stereocenters. The second-order valence-electron chi connectivity index (χ2n) is 8.37. The number of ether oxygens (including phenoxy) is 1. The van der Waals surface area contributed by atoms with Gasteiger partial charge in [-0.1, -0.05) is 47.5 Å². The Balaban J connectivity index is 0.000000983. The van der Waals surface area contributed by atoms with Crippen LogP contribution in [-0.2, 0) is 19.1 Å². The van der Waals surface area contributed by atoms with E-state index in [9.17, 15) is 9.59 Å². The molecule has 4 rings (SSSR count). The van der Waals surface area contributed by atoms with Crippen molar-refractivity contribution in [2.24, 2.45) is 0 Å². The number of benzene rings is 2. The Hall–Kier alpha value is -4.08. The van der Waals surface area contributed by atoms with E-state index in [1.54, 1.807) is 18.2 Å². The quantitative estimate of drug-likeness (QED) is 0.176. The summed E-state index contributed by atoms with van der Waals surface area (Å²) in [4.78, 5) is 42.0. The Labute approximate surface area is 236 Å². The molecule has 9 nitrogen and oxygen atoms in total. The van der Waals surface area contributed by atoms with Crippen molar-refractivity contribution in [1.29, 1.82) is 0 Å². The number of nitrogens with one attached hydrogen (secondary N) is 4. The summed E-state index contributed by atoms with van der Waals surface area (Å²) in [5, 5.41) is 9.95. The topological polar surface area (TPSA) is 125 Å². The zero-order valence-corrected chi connectivity index (χ0v) is 23.0. The first-order valence-electron chi connectivity index (χ1n) is 12.1. The first-order valence-corrected chi connectivity index (χ1v) is 12.8. The number of hydrogen-bond acceptors (Lipinski definition) is 6. The molecule has 3 aromatic rings. The fourth-order valence-electron chi connectivity index (χ4n) is 3.74. The standard InChI is InChI=1S/C26H25Cl2N5O2.C2H4O2/c1-29-18-11-12-19-21(15-18)31-22(34)9-4-2-3-8-20(26-32-24(19)25(28)33-26)30-23(35)13-10-16-6-5-7-17(27)14-16;1-4-2-3/h2-3,5-7,10-15,20,29H,4,8-9H2,1H3,(H,30,35)(H,31,34)(H,32,33);2H,1H3/b3-2+,13-10+;/t20-;/m0./s1. The Kier molecular flexibility index (Phi) is 11.1. The van der Waals surface area contributed by atoms with E-state index >= 15 is 0 Å². The molecule has 0 fully saturated rings. The number of amides is 2. The molecular weight excluding hydrogens is 541 g/mol. The number of methoxy groups -OCH3 is 1. The van der Waals surface area contributed by atoms with E-state index in [0.717, 1.165) is 11.3 Å². The molecule has 1 aromatic heterocycles. The van der Waals surface area contributed by atoms with Gasteiger partial charge in [0.15, 0.2) is 0 Å². The second kappa shape index (κ2) is 14.8. The van der Waals surface area contributed by atoms with Crippen LogP contribution in [0.2, 0.25) is 10.2 Å². The van der Waals surface area contributed by atoms with Gasteiger partial charge in [0, 0.05) is 35.8 Å². The summed E-state index contributed by atoms with van der Waals surface area (Å²) in [5.41, 5.74) is 3.45. The average molecular weight is 570 g/mol. The first kappa shape index (κ1) is 29.5. The summed E-state index contributed by atoms with van der Waals surface area (Å²) >= 11 is 12.6. The van der Waals surface area contributed by atoms with Crippen LogP contribution in [0.1, 0.15) is 36.7 Å². The summed E-state index contributed by atoms with van der Waals surface area (Å²) in [6.07, 6.45) is 8.40. The van der Waals surface area contributed by atoms with Gasteiger partial charge in [0.1, 0.15) is 16.7 Å². The van der Waals surface area contributed by atoms with E-state index < -0.39 is 6.04 Å². The number of allylic oxidation sites excluding steroid dienone is 1. The Morgan fingerprint density at radius 2 is 1.97 bits per heavy atom. The molecular formula is C28H29Cl2N5O4. The van der Waals surface area contributed by atoms with Crippen molar-refractivity contribution < 1.29 is 19.1 Å². The molecule has 0 saturated heterocycles. The van der Waals surface area contributed by atoms with Crippen molar-refractivity contribution in [3.63, 3.8) is 0 Å². The van der Waals surface area contributed by atoms with E-state index in [-0.39, 0.29) is 11.8 Å². The van der Waals surface area contributed by atoms with Gasteiger partial charge in [0.2, 0.25) is 11.8 Å². The Morgan fingerprint density at radius 3 is 2.69 bits per heavy atom. The molecule has 0 spiro atoms. The maximum Gasteiger partial charge on any atom is 0.292 e. The number of imidazole rings is 1. The maximum atomic E-state index is 12.7. The number of carbonyl (C=O) groups excluding carboxylic acids is 3. The molecule has 39 heavy (non-hydrogen) atoms. The van der Waals surface area contributed by atoms with Gasteiger partial charge in [-0.05, 0) is 54.8 Å². The largest absolute Gasteiger partial charge is 0.471 e. The lowest BCUT2D eigenvalue weighted by molar-refractivity contribution is -0.126. The number of fused-ring (bicyclic) bond motifs is 4. The van der Waals surface area contributed by atoms with Gasteiger partial charge >= 0.3 is 0 Å². The van der Waals surface area contributed by atoms with E-state index in [0.29, 0.717) is 58.7 Å². The van der Waals surface area contributed by atoms with E-state index in [2.05, 4.69) is 25.7 Å². The number of aromatic amines is 1. The molecule has 2 heterocycles. The lowest BCUT2D eigenvalue weighted by Crippen LogP contribution is -2.27. The molecule has 0 unspecified atom stereocenters. The smallest absolute Gasteiger partial charge is 0.292 e. The van der Waals surface area contributed by atoms with Gasteiger partial charge in [-0.25, -0.2) is 4.98 Å². The fourth-order valence-corrected chi connectivity index (χ4v) is 4.18. The highest BCUT2D eigenvalue weighted by Gasteiger charge is 2.22. The van der Waals surface area contributed by atoms with Gasteiger partial charge in [0.05, 0.1) is 18.8 Å². The number of halogens is 2. The molecule has 1 aliphatic heterocycles. The summed E-state index contributed by atoms with van der Waals surface area (Å²) in [5.74, 6) is 0.136. The van der Waals surface area contributed by atoms with Gasteiger partial charge in [-0.2, -0.15) is 0 Å². The zero-order valence-electron chi connectivity index (χ0n) is 21.5. The molecule has 204 valence electrons. The Bertz CT molecular complexity index is 1370. The van der Waals surface area contributed by atoms with E-state index in [1.165, 1.54) is 13.2 Å². The lowest BCUT2D eigenvalue weighted by atomic mass is 10.1. The van der Waals surface area contributed by atoms with Crippen LogP contribution in [0.25, 0.3) is 17.3 Å². The van der Waals surface area contributed by atoms with Crippen LogP contribution in [-0.4, -0.2) is 42.4 Å². The molecule has 2 aromatic carbocycles. The number of anilines is 2. The number of carbonyl (C=O) groups is 3. The molecule has 11 heteroatoms. The third-order valence-corrected chi connectivity index (χ3v) is 6.12. The third-order valence-electron chi connectivity index (χ3n) is 5.61. The lowest BCUT2D eigenvalue weighted by Gasteiger charge is -2.14. The van der Waals surface area contributed by atoms with Crippen LogP contribution < -0.4 is 16.0 Å². The molecule has 0 radical (unpaired) electrons. The van der Waals surface area contributed by atoms with Gasteiger partial charge in [-0.3, -0.25) is 14.4 Å². The summed E-state index contributed by atoms with van der Waals surface area (Å²) in [6, 6.07) is 12.4. The van der Waals surface area contributed by atoms with Gasteiger partial charge in [0.25, 0.3) is 6.47 Å². The third kappa shape index (κ3) is 8.73. The number of H-pyrrole nitrogens is 1. The average Bonchev–Trinajstić information content (AvgIpc) is 3.32. The summed E-state index contributed by atoms with van der Waals surface area (Å²) < 4.78 is 3.86. The van der Waals surface area contributed by atoms with E-state index in [1.807, 2.05) is 49.5 Å². The second-order valence-corrected chi connectivity index (χ2v) is 9.18. The normalized spacial score (nSPS) is 15.7. The molecule has 0 aliphatic carbocycles. The van der Waals surface area contributed by atoms with Crippen LogP contribution in [0.5, 0.6) is 0 Å². The SMILES string of the molecule is CNc1ccc2c(c1)NC(=O)CC/C=C/C[C@H](NC(=O)/C=C/c1cccc(Cl)c1)c1nc-2c(Cl)[nH]1.COC=O. The van der Waals surface area contributed by atoms with Crippen molar-refractivity contribution in [1.82, 2.24) is 15.3 Å². The minimum atomic E-state index is -0.446. The highest BCUT2D eigenvalue weighted by molar-refractivity contribution is 6.32. The minimum Gasteiger partial charge on any atom is -0.471 e. The predicted octanol–water partition coefficient (Wildman–Crippen LogP) is 5.76. The number of hydrogen-bond donors (Lipinski definition) is 4. The molecule has 2 amide bonds. The summed E-state index contributed by atoms with van der Waals surface area (Å²) in [7, 11) is 3.12.